The SMILES string of the molecule is Cc1nc2ccc(F)cn2c1C(=O)NCc1ccc(N2CCC(c3ccc(F)cc3)CC2)cc1. The topological polar surface area (TPSA) is 49.6 Å². The predicted octanol–water partition coefficient (Wildman–Crippen LogP) is 5.23. The highest BCUT2D eigenvalue weighted by Crippen LogP contribution is 2.30. The molecule has 7 heteroatoms. The first-order valence-electron chi connectivity index (χ1n) is 11.5. The van der Waals surface area contributed by atoms with E-state index in [2.05, 4.69) is 27.3 Å². The molecule has 0 saturated carbocycles. The van der Waals surface area contributed by atoms with Gasteiger partial charge in [-0.3, -0.25) is 9.20 Å². The molecule has 34 heavy (non-hydrogen) atoms. The quantitative estimate of drug-likeness (QED) is 0.443. The Morgan fingerprint density at radius 1 is 0.971 bits per heavy atom. The average Bonchev–Trinajstić information content (AvgIpc) is 3.18. The first kappa shape index (κ1) is 22.1. The lowest BCUT2D eigenvalue weighted by atomic mass is 9.89. The van der Waals surface area contributed by atoms with E-state index in [1.54, 1.807) is 13.0 Å². The fraction of sp³-hybridized carbons (Fsp3) is 0.259. The van der Waals surface area contributed by atoms with E-state index < -0.39 is 5.82 Å². The van der Waals surface area contributed by atoms with E-state index in [1.807, 2.05) is 24.3 Å². The Morgan fingerprint density at radius 2 is 1.65 bits per heavy atom. The Bertz CT molecular complexity index is 1310. The lowest BCUT2D eigenvalue weighted by molar-refractivity contribution is 0.0944. The van der Waals surface area contributed by atoms with Crippen LogP contribution < -0.4 is 10.2 Å². The Labute approximate surface area is 197 Å². The number of aromatic nitrogens is 2. The molecule has 0 bridgehead atoms. The maximum absolute atomic E-state index is 13.7. The fourth-order valence-corrected chi connectivity index (χ4v) is 4.71. The van der Waals surface area contributed by atoms with Crippen molar-refractivity contribution in [1.82, 2.24) is 14.7 Å². The molecule has 1 saturated heterocycles. The Kier molecular flexibility index (Phi) is 6.01. The highest BCUT2D eigenvalue weighted by atomic mass is 19.1. The van der Waals surface area contributed by atoms with Crippen molar-refractivity contribution in [2.24, 2.45) is 0 Å². The number of rotatable bonds is 5. The maximum Gasteiger partial charge on any atom is 0.270 e. The van der Waals surface area contributed by atoms with E-state index in [4.69, 9.17) is 0 Å². The molecule has 4 aromatic rings. The van der Waals surface area contributed by atoms with Crippen molar-refractivity contribution in [3.8, 4) is 0 Å². The number of fused-ring (bicyclic) bond motifs is 1. The molecule has 1 aliphatic heterocycles. The van der Waals surface area contributed by atoms with Gasteiger partial charge in [0.2, 0.25) is 0 Å². The molecular formula is C27H26F2N4O. The smallest absolute Gasteiger partial charge is 0.270 e. The summed E-state index contributed by atoms with van der Waals surface area (Å²) in [5.41, 5.74) is 4.78. The van der Waals surface area contributed by atoms with Crippen molar-refractivity contribution in [3.05, 3.63) is 101 Å². The highest BCUT2D eigenvalue weighted by molar-refractivity contribution is 5.94. The summed E-state index contributed by atoms with van der Waals surface area (Å²) in [4.78, 5) is 19.5. The lowest BCUT2D eigenvalue weighted by Crippen LogP contribution is -2.32. The minimum absolute atomic E-state index is 0.194. The minimum atomic E-state index is -0.420. The van der Waals surface area contributed by atoms with Gasteiger partial charge >= 0.3 is 0 Å². The number of pyridine rings is 1. The normalized spacial score (nSPS) is 14.5. The van der Waals surface area contributed by atoms with Gasteiger partial charge in [0.25, 0.3) is 5.91 Å². The predicted molar refractivity (Wildman–Crippen MR) is 128 cm³/mol. The van der Waals surface area contributed by atoms with E-state index in [0.717, 1.165) is 37.2 Å². The number of carbonyl (C=O) groups excluding carboxylic acids is 1. The number of anilines is 1. The molecule has 0 atom stereocenters. The van der Waals surface area contributed by atoms with Gasteiger partial charge in [-0.2, -0.15) is 0 Å². The average molecular weight is 461 g/mol. The van der Waals surface area contributed by atoms with Crippen molar-refractivity contribution < 1.29 is 13.6 Å². The fourth-order valence-electron chi connectivity index (χ4n) is 4.71. The third kappa shape index (κ3) is 4.51. The number of hydrogen-bond acceptors (Lipinski definition) is 3. The summed E-state index contributed by atoms with van der Waals surface area (Å²) in [6.45, 7) is 4.01. The molecule has 174 valence electrons. The first-order valence-corrected chi connectivity index (χ1v) is 11.5. The number of imidazole rings is 1. The van der Waals surface area contributed by atoms with Crippen LogP contribution in [0.5, 0.6) is 0 Å². The van der Waals surface area contributed by atoms with Gasteiger partial charge in [0, 0.05) is 31.5 Å². The summed E-state index contributed by atoms with van der Waals surface area (Å²) in [6.07, 6.45) is 3.34. The summed E-state index contributed by atoms with van der Waals surface area (Å²) in [5, 5.41) is 2.92. The van der Waals surface area contributed by atoms with Crippen LogP contribution in [0.3, 0.4) is 0 Å². The molecule has 5 nitrogen and oxygen atoms in total. The zero-order valence-corrected chi connectivity index (χ0v) is 19.0. The number of piperidine rings is 1. The summed E-state index contributed by atoms with van der Waals surface area (Å²) >= 11 is 0. The molecule has 0 unspecified atom stereocenters. The Balaban J connectivity index is 1.18. The molecular weight excluding hydrogens is 434 g/mol. The molecule has 1 aliphatic rings. The van der Waals surface area contributed by atoms with E-state index in [0.29, 0.717) is 29.5 Å². The van der Waals surface area contributed by atoms with Crippen LogP contribution in [-0.4, -0.2) is 28.4 Å². The Morgan fingerprint density at radius 3 is 2.35 bits per heavy atom. The molecule has 0 radical (unpaired) electrons. The number of nitrogens with zero attached hydrogens (tertiary/aromatic N) is 3. The number of hydrogen-bond donors (Lipinski definition) is 1. The van der Waals surface area contributed by atoms with Crippen LogP contribution in [-0.2, 0) is 6.54 Å². The lowest BCUT2D eigenvalue weighted by Gasteiger charge is -2.34. The Hall–Kier alpha value is -3.74. The van der Waals surface area contributed by atoms with Crippen LogP contribution >= 0.6 is 0 Å². The van der Waals surface area contributed by atoms with Crippen LogP contribution in [0, 0.1) is 18.6 Å². The summed E-state index contributed by atoms with van der Waals surface area (Å²) in [7, 11) is 0. The number of nitrogens with one attached hydrogen (secondary N) is 1. The number of benzene rings is 2. The highest BCUT2D eigenvalue weighted by Gasteiger charge is 2.21. The third-order valence-corrected chi connectivity index (χ3v) is 6.56. The van der Waals surface area contributed by atoms with Crippen LogP contribution in [0.1, 0.15) is 46.1 Å². The van der Waals surface area contributed by atoms with Crippen LogP contribution in [0.15, 0.2) is 66.9 Å². The van der Waals surface area contributed by atoms with Crippen LogP contribution in [0.25, 0.3) is 5.65 Å². The van der Waals surface area contributed by atoms with Gasteiger partial charge in [-0.25, -0.2) is 13.8 Å². The molecule has 3 heterocycles. The molecule has 0 aliphatic carbocycles. The standard InChI is InChI=1S/C27H26F2N4O/c1-18-26(33-17-23(29)8-11-25(33)31-18)27(34)30-16-19-2-9-24(10-3-19)32-14-12-21(13-15-32)20-4-6-22(28)7-5-20/h2-11,17,21H,12-16H2,1H3,(H,30,34). The van der Waals surface area contributed by atoms with Crippen molar-refractivity contribution in [2.45, 2.75) is 32.2 Å². The van der Waals surface area contributed by atoms with Gasteiger partial charge < -0.3 is 10.2 Å². The maximum atomic E-state index is 13.7. The molecule has 1 amide bonds. The second kappa shape index (κ2) is 9.25. The van der Waals surface area contributed by atoms with Gasteiger partial charge in [0.05, 0.1) is 5.69 Å². The third-order valence-electron chi connectivity index (χ3n) is 6.56. The second-order valence-corrected chi connectivity index (χ2v) is 8.78. The van der Waals surface area contributed by atoms with Gasteiger partial charge in [0.1, 0.15) is 23.0 Å². The summed E-state index contributed by atoms with van der Waals surface area (Å²) < 4.78 is 28.3. The van der Waals surface area contributed by atoms with Crippen molar-refractivity contribution in [2.75, 3.05) is 18.0 Å². The van der Waals surface area contributed by atoms with Crippen molar-refractivity contribution in [1.29, 1.82) is 0 Å². The monoisotopic (exact) mass is 460 g/mol. The van der Waals surface area contributed by atoms with Gasteiger partial charge in [0.15, 0.2) is 0 Å². The number of carbonyl (C=O) groups is 1. The van der Waals surface area contributed by atoms with E-state index in [9.17, 15) is 13.6 Å². The molecule has 5 rings (SSSR count). The molecule has 0 spiro atoms. The largest absolute Gasteiger partial charge is 0.371 e. The van der Waals surface area contributed by atoms with Crippen LogP contribution in [0.4, 0.5) is 14.5 Å². The van der Waals surface area contributed by atoms with E-state index in [1.165, 1.54) is 34.4 Å². The molecule has 1 fully saturated rings. The molecule has 2 aromatic carbocycles. The van der Waals surface area contributed by atoms with E-state index >= 15 is 0 Å². The van der Waals surface area contributed by atoms with Crippen molar-refractivity contribution >= 4 is 17.2 Å². The number of halogens is 2. The zero-order valence-electron chi connectivity index (χ0n) is 19.0. The second-order valence-electron chi connectivity index (χ2n) is 8.78. The molecule has 1 N–H and O–H groups in total. The zero-order chi connectivity index (χ0) is 23.7. The summed E-state index contributed by atoms with van der Waals surface area (Å²) in [6, 6.07) is 17.9. The first-order chi connectivity index (χ1) is 16.5. The number of amides is 1. The van der Waals surface area contributed by atoms with Gasteiger partial charge in [-0.1, -0.05) is 24.3 Å². The minimum Gasteiger partial charge on any atom is -0.371 e. The summed E-state index contributed by atoms with van der Waals surface area (Å²) in [5.74, 6) is -0.443. The van der Waals surface area contributed by atoms with Crippen LogP contribution in [0.2, 0.25) is 0 Å². The number of aryl methyl sites for hydroxylation is 1. The van der Waals surface area contributed by atoms with Crippen molar-refractivity contribution in [3.63, 3.8) is 0 Å². The van der Waals surface area contributed by atoms with Gasteiger partial charge in [-0.05, 0) is 73.2 Å². The van der Waals surface area contributed by atoms with E-state index in [-0.39, 0.29) is 11.7 Å². The molecule has 2 aromatic heterocycles. The van der Waals surface area contributed by atoms with Gasteiger partial charge in [-0.15, -0.1) is 0 Å².